The van der Waals surface area contributed by atoms with Crippen LogP contribution < -0.4 is 11.0 Å². The molecule has 0 spiro atoms. The number of hydrogen-bond donors (Lipinski definition) is 4. The molecule has 4 rings (SSSR count). The van der Waals surface area contributed by atoms with Crippen molar-refractivity contribution in [1.82, 2.24) is 24.9 Å². The molecule has 0 aliphatic carbocycles. The van der Waals surface area contributed by atoms with Gasteiger partial charge in [0.25, 0.3) is 5.56 Å². The number of nitrogens with zero attached hydrogens (tertiary/aromatic N) is 3. The van der Waals surface area contributed by atoms with E-state index in [-0.39, 0.29) is 5.56 Å². The van der Waals surface area contributed by atoms with Gasteiger partial charge in [-0.05, 0) is 13.0 Å². The maximum absolute atomic E-state index is 11.6. The van der Waals surface area contributed by atoms with Crippen molar-refractivity contribution < 1.29 is 0 Å². The highest BCUT2D eigenvalue weighted by molar-refractivity contribution is 6.00. The fraction of sp³-hybridized carbons (Fsp3) is 0.0667. The second kappa shape index (κ2) is 5.09. The number of rotatable bonds is 3. The summed E-state index contributed by atoms with van der Waals surface area (Å²) in [6.07, 6.45) is 3.03. The highest BCUT2D eigenvalue weighted by Crippen LogP contribution is 2.20. The molecule has 0 atom stereocenters. The molecule has 8 nitrogen and oxygen atoms in total. The van der Waals surface area contributed by atoms with Crippen LogP contribution in [0.2, 0.25) is 0 Å². The van der Waals surface area contributed by atoms with Crippen LogP contribution in [-0.2, 0) is 0 Å². The Kier molecular flexibility index (Phi) is 2.94. The van der Waals surface area contributed by atoms with Gasteiger partial charge >= 0.3 is 0 Å². The smallest absolute Gasteiger partial charge is 0.276 e. The maximum atomic E-state index is 11.6. The highest BCUT2D eigenvalue weighted by atomic mass is 16.1. The number of para-hydroxylation sites is 1. The maximum Gasteiger partial charge on any atom is 0.276 e. The first-order chi connectivity index (χ1) is 11.2. The average Bonchev–Trinajstić information content (AvgIpc) is 3.10. The normalized spacial score (nSPS) is 11.7. The van der Waals surface area contributed by atoms with Gasteiger partial charge in [-0.2, -0.15) is 10.1 Å². The van der Waals surface area contributed by atoms with Gasteiger partial charge in [0.1, 0.15) is 0 Å². The molecule has 1 aromatic carbocycles. The lowest BCUT2D eigenvalue weighted by atomic mass is 10.1. The zero-order valence-corrected chi connectivity index (χ0v) is 12.2. The molecule has 0 aliphatic heterocycles. The number of H-pyrrole nitrogens is 3. The van der Waals surface area contributed by atoms with Crippen LogP contribution in [0.3, 0.4) is 0 Å². The van der Waals surface area contributed by atoms with E-state index in [2.05, 4.69) is 35.4 Å². The zero-order valence-electron chi connectivity index (χ0n) is 12.2. The average molecular weight is 307 g/mol. The lowest BCUT2D eigenvalue weighted by Gasteiger charge is -1.94. The summed E-state index contributed by atoms with van der Waals surface area (Å²) in [6, 6.07) is 8.02. The Hall–Kier alpha value is -3.42. The van der Waals surface area contributed by atoms with Crippen molar-refractivity contribution >= 4 is 34.2 Å². The molecule has 0 saturated heterocycles. The van der Waals surface area contributed by atoms with Crippen molar-refractivity contribution in [2.45, 2.75) is 6.92 Å². The standard InChI is InChI=1S/C15H13N7O/c1-8-10(9-4-2-3-5-11(9)19-8)6-18-22-15-20-12-13(21-15)16-7-17-14(12)23/h2-7,19H,1H3,(H3,16,17,20,21,22,23)/b18-6+. The van der Waals surface area contributed by atoms with Crippen LogP contribution in [0.15, 0.2) is 40.5 Å². The summed E-state index contributed by atoms with van der Waals surface area (Å²) in [5, 5.41) is 5.29. The molecule has 8 heteroatoms. The Bertz CT molecular complexity index is 1090. The van der Waals surface area contributed by atoms with Crippen LogP contribution in [0, 0.1) is 6.92 Å². The molecular weight excluding hydrogens is 294 g/mol. The summed E-state index contributed by atoms with van der Waals surface area (Å²) < 4.78 is 0. The van der Waals surface area contributed by atoms with Crippen molar-refractivity contribution in [1.29, 1.82) is 0 Å². The second-order valence-corrected chi connectivity index (χ2v) is 5.09. The summed E-state index contributed by atoms with van der Waals surface area (Å²) in [7, 11) is 0. The SMILES string of the molecule is Cc1[nH]c2ccccc2c1/C=N/Nc1nc2nc[nH]c(=O)c2[nH]1. The molecule has 23 heavy (non-hydrogen) atoms. The van der Waals surface area contributed by atoms with Crippen LogP contribution >= 0.6 is 0 Å². The summed E-state index contributed by atoms with van der Waals surface area (Å²) >= 11 is 0. The van der Waals surface area contributed by atoms with E-state index in [4.69, 9.17) is 0 Å². The van der Waals surface area contributed by atoms with Crippen LogP contribution in [0.5, 0.6) is 0 Å². The molecule has 0 aliphatic rings. The Morgan fingerprint density at radius 3 is 3.00 bits per heavy atom. The Morgan fingerprint density at radius 1 is 1.26 bits per heavy atom. The third-order valence-electron chi connectivity index (χ3n) is 3.60. The zero-order chi connectivity index (χ0) is 15.8. The Morgan fingerprint density at radius 2 is 2.13 bits per heavy atom. The van der Waals surface area contributed by atoms with Crippen LogP contribution in [0.25, 0.3) is 22.1 Å². The van der Waals surface area contributed by atoms with Gasteiger partial charge in [0.05, 0.1) is 12.5 Å². The van der Waals surface area contributed by atoms with Crippen LogP contribution in [-0.4, -0.2) is 31.1 Å². The van der Waals surface area contributed by atoms with Gasteiger partial charge in [-0.25, -0.2) is 10.4 Å². The summed E-state index contributed by atoms with van der Waals surface area (Å²) in [4.78, 5) is 28.4. The molecule has 4 aromatic rings. The third kappa shape index (κ3) is 2.26. The number of benzene rings is 1. The van der Waals surface area contributed by atoms with E-state index >= 15 is 0 Å². The van der Waals surface area contributed by atoms with E-state index in [9.17, 15) is 4.79 Å². The first kappa shape index (κ1) is 13.3. The summed E-state index contributed by atoms with van der Waals surface area (Å²) in [6.45, 7) is 1.99. The number of anilines is 1. The number of nitrogens with one attached hydrogen (secondary N) is 4. The molecule has 0 fully saturated rings. The first-order valence-electron chi connectivity index (χ1n) is 7.02. The number of aromatic amines is 3. The molecule has 0 unspecified atom stereocenters. The molecule has 0 saturated carbocycles. The largest absolute Gasteiger partial charge is 0.358 e. The number of imidazole rings is 1. The quantitative estimate of drug-likeness (QED) is 0.342. The highest BCUT2D eigenvalue weighted by Gasteiger charge is 2.07. The van der Waals surface area contributed by atoms with Gasteiger partial charge in [-0.3, -0.25) is 4.79 Å². The van der Waals surface area contributed by atoms with Gasteiger partial charge in [0.2, 0.25) is 5.95 Å². The number of aryl methyl sites for hydroxylation is 1. The predicted octanol–water partition coefficient (Wildman–Crippen LogP) is 1.88. The Balaban J connectivity index is 1.64. The monoisotopic (exact) mass is 307 g/mol. The van der Waals surface area contributed by atoms with Crippen molar-refractivity contribution in [2.75, 3.05) is 5.43 Å². The lowest BCUT2D eigenvalue weighted by molar-refractivity contribution is 1.15. The lowest BCUT2D eigenvalue weighted by Crippen LogP contribution is -2.05. The molecule has 0 radical (unpaired) electrons. The van der Waals surface area contributed by atoms with Crippen molar-refractivity contribution in [3.05, 3.63) is 52.2 Å². The van der Waals surface area contributed by atoms with Crippen molar-refractivity contribution in [3.63, 3.8) is 0 Å². The topological polar surface area (TPSA) is 115 Å². The number of fused-ring (bicyclic) bond motifs is 2. The summed E-state index contributed by atoms with van der Waals surface area (Å²) in [5.74, 6) is 0.359. The van der Waals surface area contributed by atoms with E-state index in [1.165, 1.54) is 6.33 Å². The van der Waals surface area contributed by atoms with Gasteiger partial charge in [0.15, 0.2) is 11.2 Å². The molecule has 114 valence electrons. The van der Waals surface area contributed by atoms with Crippen LogP contribution in [0.4, 0.5) is 5.95 Å². The fourth-order valence-electron chi connectivity index (χ4n) is 2.52. The number of hydrazone groups is 1. The van der Waals surface area contributed by atoms with Gasteiger partial charge < -0.3 is 15.0 Å². The molecule has 0 amide bonds. The minimum absolute atomic E-state index is 0.271. The van der Waals surface area contributed by atoms with E-state index in [1.807, 2.05) is 31.2 Å². The van der Waals surface area contributed by atoms with E-state index < -0.39 is 0 Å². The third-order valence-corrected chi connectivity index (χ3v) is 3.60. The van der Waals surface area contributed by atoms with E-state index in [0.29, 0.717) is 17.1 Å². The minimum Gasteiger partial charge on any atom is -0.358 e. The first-order valence-corrected chi connectivity index (χ1v) is 7.02. The van der Waals surface area contributed by atoms with Gasteiger partial charge in [0, 0.05) is 22.2 Å². The fourth-order valence-corrected chi connectivity index (χ4v) is 2.52. The van der Waals surface area contributed by atoms with Crippen molar-refractivity contribution in [2.24, 2.45) is 5.10 Å². The number of hydrogen-bond acceptors (Lipinski definition) is 5. The van der Waals surface area contributed by atoms with Gasteiger partial charge in [-0.1, -0.05) is 18.2 Å². The number of aromatic nitrogens is 5. The molecule has 3 heterocycles. The predicted molar refractivity (Wildman–Crippen MR) is 88.8 cm³/mol. The molecule has 0 bridgehead atoms. The van der Waals surface area contributed by atoms with Crippen LogP contribution in [0.1, 0.15) is 11.3 Å². The Labute approximate surface area is 129 Å². The van der Waals surface area contributed by atoms with E-state index in [1.54, 1.807) is 6.21 Å². The van der Waals surface area contributed by atoms with Gasteiger partial charge in [-0.15, -0.1) is 0 Å². The molecular formula is C15H13N7O. The summed E-state index contributed by atoms with van der Waals surface area (Å²) in [5.41, 5.74) is 6.26. The van der Waals surface area contributed by atoms with Crippen molar-refractivity contribution in [3.8, 4) is 0 Å². The van der Waals surface area contributed by atoms with E-state index in [0.717, 1.165) is 22.2 Å². The molecule has 4 N–H and O–H groups in total. The minimum atomic E-state index is -0.271. The second-order valence-electron chi connectivity index (χ2n) is 5.09. The molecule has 3 aromatic heterocycles.